The van der Waals surface area contributed by atoms with Crippen LogP contribution in [0, 0.1) is 46.3 Å². The van der Waals surface area contributed by atoms with Gasteiger partial charge < -0.3 is 15.5 Å². The molecule has 0 unspecified atom stereocenters. The fourth-order valence-corrected chi connectivity index (χ4v) is 9.64. The number of azide groups is 1. The molecule has 10 nitrogen and oxygen atoms in total. The summed E-state index contributed by atoms with van der Waals surface area (Å²) in [6, 6.07) is -0.00689. The average molecular weight is 541 g/mol. The highest BCUT2D eigenvalue weighted by Gasteiger charge is 2.65. The SMILES string of the molecule is C[C@H](CCC(=O)NCCS(=O)(=O)O)[C@H]1CC[C@H]2[C@@H]3[C@H](O)C[C@@H]4C[C@@H](N=[N+]=[N-])CC[C@]4(C)[C@H]3C[C@H](O)[C@]12C. The topological polar surface area (TPSA) is 173 Å². The van der Waals surface area contributed by atoms with Crippen molar-refractivity contribution in [3.63, 3.8) is 0 Å². The number of amides is 1. The number of carbonyl (C=O) groups is 1. The Morgan fingerprint density at radius 1 is 1.16 bits per heavy atom. The fourth-order valence-electron chi connectivity index (χ4n) is 9.28. The van der Waals surface area contributed by atoms with Gasteiger partial charge in [0.05, 0.1) is 18.0 Å². The second-order valence-electron chi connectivity index (χ2n) is 12.9. The fraction of sp³-hybridized carbons (Fsp3) is 0.962. The first-order chi connectivity index (χ1) is 17.3. The highest BCUT2D eigenvalue weighted by molar-refractivity contribution is 7.85. The van der Waals surface area contributed by atoms with Crippen molar-refractivity contribution in [3.8, 4) is 0 Å². The van der Waals surface area contributed by atoms with Gasteiger partial charge in [0.15, 0.2) is 0 Å². The molecular formula is C26H44N4O6S. The molecule has 0 spiro atoms. The third kappa shape index (κ3) is 5.39. The largest absolute Gasteiger partial charge is 0.393 e. The van der Waals surface area contributed by atoms with Crippen LogP contribution in [0.25, 0.3) is 10.4 Å². The van der Waals surface area contributed by atoms with E-state index < -0.39 is 28.1 Å². The van der Waals surface area contributed by atoms with Gasteiger partial charge in [-0.3, -0.25) is 9.35 Å². The third-order valence-corrected chi connectivity index (χ3v) is 12.0. The van der Waals surface area contributed by atoms with E-state index in [0.717, 1.165) is 38.5 Å². The van der Waals surface area contributed by atoms with Gasteiger partial charge >= 0.3 is 0 Å². The second kappa shape index (κ2) is 10.6. The summed E-state index contributed by atoms with van der Waals surface area (Å²) >= 11 is 0. The smallest absolute Gasteiger partial charge is 0.266 e. The number of nitrogens with one attached hydrogen (secondary N) is 1. The first kappa shape index (κ1) is 28.6. The van der Waals surface area contributed by atoms with Crippen molar-refractivity contribution in [1.82, 2.24) is 5.32 Å². The molecule has 1 amide bonds. The lowest BCUT2D eigenvalue weighted by molar-refractivity contribution is -0.202. The van der Waals surface area contributed by atoms with Gasteiger partial charge in [-0.1, -0.05) is 25.9 Å². The van der Waals surface area contributed by atoms with Crippen molar-refractivity contribution in [2.75, 3.05) is 12.3 Å². The molecule has 4 N–H and O–H groups in total. The van der Waals surface area contributed by atoms with Gasteiger partial charge in [0, 0.05) is 23.9 Å². The van der Waals surface area contributed by atoms with E-state index in [1.807, 2.05) is 0 Å². The van der Waals surface area contributed by atoms with Crippen molar-refractivity contribution in [3.05, 3.63) is 10.4 Å². The molecule has 0 aliphatic heterocycles. The lowest BCUT2D eigenvalue weighted by Gasteiger charge is -2.63. The maximum atomic E-state index is 12.2. The van der Waals surface area contributed by atoms with Gasteiger partial charge in [-0.25, -0.2) is 0 Å². The van der Waals surface area contributed by atoms with Crippen molar-refractivity contribution < 1.29 is 28.0 Å². The van der Waals surface area contributed by atoms with E-state index in [2.05, 4.69) is 36.1 Å². The Bertz CT molecular complexity index is 1020. The summed E-state index contributed by atoms with van der Waals surface area (Å²) in [4.78, 5) is 15.3. The molecule has 4 saturated carbocycles. The average Bonchev–Trinajstić information content (AvgIpc) is 3.17. The van der Waals surface area contributed by atoms with Crippen LogP contribution in [0.5, 0.6) is 0 Å². The van der Waals surface area contributed by atoms with Crippen molar-refractivity contribution in [2.45, 2.75) is 96.8 Å². The molecule has 37 heavy (non-hydrogen) atoms. The molecule has 0 bridgehead atoms. The second-order valence-corrected chi connectivity index (χ2v) is 14.5. The Morgan fingerprint density at radius 3 is 2.57 bits per heavy atom. The van der Waals surface area contributed by atoms with Crippen LogP contribution in [0.3, 0.4) is 0 Å². The molecule has 11 heteroatoms. The van der Waals surface area contributed by atoms with Crippen LogP contribution in [0.4, 0.5) is 0 Å². The summed E-state index contributed by atoms with van der Waals surface area (Å²) in [5.41, 5.74) is 8.61. The Balaban J connectivity index is 1.44. The summed E-state index contributed by atoms with van der Waals surface area (Å²) in [5, 5.41) is 29.7. The highest BCUT2D eigenvalue weighted by atomic mass is 32.2. The number of hydrogen-bond donors (Lipinski definition) is 4. The van der Waals surface area contributed by atoms with E-state index in [0.29, 0.717) is 18.8 Å². The van der Waals surface area contributed by atoms with E-state index in [1.165, 1.54) is 0 Å². The van der Waals surface area contributed by atoms with Crippen molar-refractivity contribution >= 4 is 16.0 Å². The molecular weight excluding hydrogens is 496 g/mol. The molecule has 210 valence electrons. The summed E-state index contributed by atoms with van der Waals surface area (Å²) < 4.78 is 30.6. The summed E-state index contributed by atoms with van der Waals surface area (Å²) in [6.45, 7) is 6.55. The van der Waals surface area contributed by atoms with Gasteiger partial charge in [-0.05, 0) is 103 Å². The minimum Gasteiger partial charge on any atom is -0.393 e. The third-order valence-electron chi connectivity index (χ3n) is 11.2. The summed E-state index contributed by atoms with van der Waals surface area (Å²) in [5.74, 6) is 0.585. The molecule has 4 fully saturated rings. The molecule has 0 aromatic rings. The first-order valence-electron chi connectivity index (χ1n) is 13.9. The number of aliphatic hydroxyl groups is 2. The van der Waals surface area contributed by atoms with Crippen LogP contribution in [-0.4, -0.2) is 59.6 Å². The number of rotatable bonds is 8. The maximum Gasteiger partial charge on any atom is 0.266 e. The maximum absolute atomic E-state index is 12.2. The lowest BCUT2D eigenvalue weighted by Crippen LogP contribution is -2.62. The Hall–Kier alpha value is -1.39. The zero-order valence-corrected chi connectivity index (χ0v) is 23.1. The van der Waals surface area contributed by atoms with E-state index >= 15 is 0 Å². The van der Waals surface area contributed by atoms with E-state index in [-0.39, 0.29) is 65.3 Å². The summed E-state index contributed by atoms with van der Waals surface area (Å²) in [7, 11) is -4.11. The molecule has 4 aliphatic rings. The van der Waals surface area contributed by atoms with Crippen LogP contribution in [0.1, 0.15) is 78.6 Å². The van der Waals surface area contributed by atoms with E-state index in [9.17, 15) is 23.4 Å². The number of nitrogens with zero attached hydrogens (tertiary/aromatic N) is 3. The van der Waals surface area contributed by atoms with Gasteiger partial charge in [-0.15, -0.1) is 0 Å². The first-order valence-corrected chi connectivity index (χ1v) is 15.5. The normalized spacial score (nSPS) is 44.1. The van der Waals surface area contributed by atoms with Crippen LogP contribution in [-0.2, 0) is 14.9 Å². The predicted molar refractivity (Wildman–Crippen MR) is 139 cm³/mol. The zero-order chi connectivity index (χ0) is 27.2. The van der Waals surface area contributed by atoms with Crippen molar-refractivity contribution in [2.24, 2.45) is 51.5 Å². The van der Waals surface area contributed by atoms with Gasteiger partial charge in [-0.2, -0.15) is 8.42 Å². The number of hydrogen-bond acceptors (Lipinski definition) is 6. The van der Waals surface area contributed by atoms with Crippen LogP contribution in [0.2, 0.25) is 0 Å². The molecule has 0 heterocycles. The molecule has 0 aromatic carbocycles. The Kier molecular flexibility index (Phi) is 8.23. The number of fused-ring (bicyclic) bond motifs is 5. The highest BCUT2D eigenvalue weighted by Crippen LogP contribution is 2.68. The molecule has 0 aromatic heterocycles. The number of carbonyl (C=O) groups excluding carboxylic acids is 1. The summed E-state index contributed by atoms with van der Waals surface area (Å²) in [6.07, 6.45) is 5.94. The minimum absolute atomic E-state index is 0.00689. The Morgan fingerprint density at radius 2 is 1.89 bits per heavy atom. The zero-order valence-electron chi connectivity index (χ0n) is 22.3. The van der Waals surface area contributed by atoms with Crippen LogP contribution in [0.15, 0.2) is 5.11 Å². The molecule has 4 rings (SSSR count). The number of aliphatic hydroxyl groups excluding tert-OH is 2. The van der Waals surface area contributed by atoms with Gasteiger partial charge in [0.1, 0.15) is 0 Å². The van der Waals surface area contributed by atoms with Crippen molar-refractivity contribution in [1.29, 1.82) is 0 Å². The van der Waals surface area contributed by atoms with E-state index in [4.69, 9.17) is 10.1 Å². The minimum atomic E-state index is -4.11. The van der Waals surface area contributed by atoms with Crippen LogP contribution >= 0.6 is 0 Å². The molecule has 4 aliphatic carbocycles. The monoisotopic (exact) mass is 540 g/mol. The predicted octanol–water partition coefficient (Wildman–Crippen LogP) is 3.69. The Labute approximate surface area is 220 Å². The molecule has 0 saturated heterocycles. The van der Waals surface area contributed by atoms with E-state index in [1.54, 1.807) is 0 Å². The van der Waals surface area contributed by atoms with Crippen LogP contribution < -0.4 is 5.32 Å². The van der Waals surface area contributed by atoms with Gasteiger partial charge in [0.2, 0.25) is 5.91 Å². The molecule has 11 atom stereocenters. The standard InChI is InChI=1S/C26H44N4O6S/c1-15(4-7-23(33)28-10-11-37(34,35)36)18-5-6-19-24-20(14-22(32)26(18,19)3)25(2)9-8-17(29-30-27)12-16(25)13-21(24)31/h15-22,24,31-32H,4-14H2,1-3H3,(H,28,33)(H,34,35,36)/t15-,16+,17+,18-,19+,20+,21-,22+,24+,25+,26-/m1/s1. The van der Waals surface area contributed by atoms with Gasteiger partial charge in [0.25, 0.3) is 10.1 Å². The quantitative estimate of drug-likeness (QED) is 0.158. The lowest BCUT2D eigenvalue weighted by atomic mass is 9.43. The molecule has 0 radical (unpaired) electrons.